The number of rotatable bonds is 4. The minimum absolute atomic E-state index is 0.884. The largest absolute Gasteiger partial charge is 0.317 e. The summed E-state index contributed by atoms with van der Waals surface area (Å²) in [7, 11) is 0. The summed E-state index contributed by atoms with van der Waals surface area (Å²) in [6, 6.07) is 17.1. The van der Waals surface area contributed by atoms with Crippen molar-refractivity contribution in [2.45, 2.75) is 52.6 Å². The molecule has 1 aliphatic heterocycles. The first kappa shape index (κ1) is 19.9. The van der Waals surface area contributed by atoms with E-state index in [9.17, 15) is 0 Å². The molecule has 0 unspecified atom stereocenters. The summed E-state index contributed by atoms with van der Waals surface area (Å²) < 4.78 is 4.57. The first-order chi connectivity index (χ1) is 15.2. The number of benzene rings is 2. The highest BCUT2D eigenvalue weighted by Crippen LogP contribution is 2.25. The Kier molecular flexibility index (Phi) is 5.55. The van der Waals surface area contributed by atoms with Crippen LogP contribution in [0.5, 0.6) is 0 Å². The van der Waals surface area contributed by atoms with Gasteiger partial charge in [-0.15, -0.1) is 21.5 Å². The highest BCUT2D eigenvalue weighted by molar-refractivity contribution is 7.07. The summed E-state index contributed by atoms with van der Waals surface area (Å²) in [5.74, 6) is 2.09. The maximum atomic E-state index is 4.94. The molecule has 6 heteroatoms. The van der Waals surface area contributed by atoms with Crippen LogP contribution in [0.2, 0.25) is 0 Å². The van der Waals surface area contributed by atoms with E-state index in [0.29, 0.717) is 0 Å². The van der Waals surface area contributed by atoms with Crippen molar-refractivity contribution in [2.75, 3.05) is 0 Å². The smallest absolute Gasteiger partial charge is 0.190 e. The molecular weight excluding hydrogens is 402 g/mol. The van der Waals surface area contributed by atoms with Crippen molar-refractivity contribution in [2.24, 2.45) is 4.99 Å². The summed E-state index contributed by atoms with van der Waals surface area (Å²) in [5, 5.41) is 11.1. The lowest BCUT2D eigenvalue weighted by molar-refractivity contribution is 0.636. The van der Waals surface area contributed by atoms with Crippen LogP contribution in [0.25, 0.3) is 22.6 Å². The van der Waals surface area contributed by atoms with E-state index in [2.05, 4.69) is 87.1 Å². The molecule has 0 aliphatic carbocycles. The Hall–Kier alpha value is -2.99. The van der Waals surface area contributed by atoms with Gasteiger partial charge in [0, 0.05) is 30.5 Å². The van der Waals surface area contributed by atoms with Gasteiger partial charge in [-0.05, 0) is 56.5 Å². The Balaban J connectivity index is 1.46. The number of hydrogen-bond acceptors (Lipinski definition) is 4. The minimum Gasteiger partial charge on any atom is -0.317 e. The van der Waals surface area contributed by atoms with Crippen LogP contribution in [0.15, 0.2) is 58.9 Å². The Bertz CT molecular complexity index is 1240. The van der Waals surface area contributed by atoms with Crippen molar-refractivity contribution >= 4 is 17.0 Å². The number of aryl methyl sites for hydroxylation is 2. The fraction of sp³-hybridized carbons (Fsp3) is 0.320. The van der Waals surface area contributed by atoms with Gasteiger partial charge in [0.2, 0.25) is 0 Å². The molecule has 2 aromatic carbocycles. The van der Waals surface area contributed by atoms with E-state index in [-0.39, 0.29) is 0 Å². The van der Waals surface area contributed by atoms with Gasteiger partial charge in [0.1, 0.15) is 5.82 Å². The zero-order valence-electron chi connectivity index (χ0n) is 18.1. The second-order valence-electron chi connectivity index (χ2n) is 8.07. The van der Waals surface area contributed by atoms with Crippen molar-refractivity contribution in [3.63, 3.8) is 0 Å². The third-order valence-electron chi connectivity index (χ3n) is 5.92. The van der Waals surface area contributed by atoms with E-state index in [0.717, 1.165) is 47.2 Å². The molecule has 0 saturated heterocycles. The lowest BCUT2D eigenvalue weighted by atomic mass is 10.1. The summed E-state index contributed by atoms with van der Waals surface area (Å²) in [5.41, 5.74) is 5.78. The molecule has 0 fully saturated rings. The Morgan fingerprint density at radius 3 is 2.48 bits per heavy atom. The van der Waals surface area contributed by atoms with E-state index in [1.165, 1.54) is 36.1 Å². The van der Waals surface area contributed by atoms with E-state index < -0.39 is 0 Å². The van der Waals surface area contributed by atoms with Crippen molar-refractivity contribution in [3.05, 3.63) is 70.1 Å². The fourth-order valence-electron chi connectivity index (χ4n) is 4.17. The second kappa shape index (κ2) is 8.63. The fourth-order valence-corrected chi connectivity index (χ4v) is 5.17. The molecule has 0 bridgehead atoms. The van der Waals surface area contributed by atoms with Gasteiger partial charge in [0.25, 0.3) is 0 Å². The van der Waals surface area contributed by atoms with Crippen LogP contribution in [-0.4, -0.2) is 19.3 Å². The molecule has 0 atom stereocenters. The van der Waals surface area contributed by atoms with Gasteiger partial charge in [-0.3, -0.25) is 0 Å². The molecule has 0 N–H and O–H groups in total. The molecule has 5 rings (SSSR count). The number of fused-ring (bicyclic) bond motifs is 1. The first-order valence-corrected chi connectivity index (χ1v) is 11.9. The zero-order valence-corrected chi connectivity index (χ0v) is 18.9. The minimum atomic E-state index is 0.884. The standard InChI is InChI=1S/C25H27N5S/c1-3-29-22(19-10-8-18(2)9-11-19)17-31-25(29)26-21-14-12-20(13-15-21)24-28-27-23-7-5-4-6-16-30(23)24/h8-15,17H,3-7,16H2,1-2H3. The average Bonchev–Trinajstić information content (AvgIpc) is 3.31. The van der Waals surface area contributed by atoms with Gasteiger partial charge >= 0.3 is 0 Å². The molecule has 2 aromatic heterocycles. The molecule has 1 aliphatic rings. The van der Waals surface area contributed by atoms with Crippen LogP contribution in [-0.2, 0) is 19.5 Å². The van der Waals surface area contributed by atoms with Crippen LogP contribution in [0.3, 0.4) is 0 Å². The lowest BCUT2D eigenvalue weighted by Gasteiger charge is -2.07. The molecule has 4 aromatic rings. The molecule has 5 nitrogen and oxygen atoms in total. The molecule has 3 heterocycles. The predicted molar refractivity (Wildman–Crippen MR) is 126 cm³/mol. The van der Waals surface area contributed by atoms with Gasteiger partial charge in [-0.1, -0.05) is 36.2 Å². The summed E-state index contributed by atoms with van der Waals surface area (Å²) >= 11 is 1.69. The van der Waals surface area contributed by atoms with Gasteiger partial charge in [0.05, 0.1) is 11.4 Å². The number of nitrogens with zero attached hydrogens (tertiary/aromatic N) is 5. The molecule has 0 spiro atoms. The Labute approximate surface area is 186 Å². The zero-order chi connectivity index (χ0) is 21.2. The average molecular weight is 430 g/mol. The van der Waals surface area contributed by atoms with E-state index in [1.54, 1.807) is 11.3 Å². The highest BCUT2D eigenvalue weighted by Gasteiger charge is 2.15. The van der Waals surface area contributed by atoms with Gasteiger partial charge < -0.3 is 9.13 Å². The van der Waals surface area contributed by atoms with E-state index >= 15 is 0 Å². The van der Waals surface area contributed by atoms with Gasteiger partial charge in [0.15, 0.2) is 10.6 Å². The maximum Gasteiger partial charge on any atom is 0.190 e. The Morgan fingerprint density at radius 2 is 1.71 bits per heavy atom. The third kappa shape index (κ3) is 4.00. The summed E-state index contributed by atoms with van der Waals surface area (Å²) in [6.07, 6.45) is 4.70. The molecule has 0 saturated carbocycles. The molecule has 31 heavy (non-hydrogen) atoms. The van der Waals surface area contributed by atoms with E-state index in [1.807, 2.05) is 0 Å². The van der Waals surface area contributed by atoms with Crippen molar-refractivity contribution in [1.82, 2.24) is 19.3 Å². The topological polar surface area (TPSA) is 48.0 Å². The van der Waals surface area contributed by atoms with Gasteiger partial charge in [-0.2, -0.15) is 0 Å². The molecule has 0 radical (unpaired) electrons. The predicted octanol–water partition coefficient (Wildman–Crippen LogP) is 5.76. The normalized spacial score (nSPS) is 14.5. The van der Waals surface area contributed by atoms with Crippen LogP contribution in [0.4, 0.5) is 5.69 Å². The van der Waals surface area contributed by atoms with Gasteiger partial charge in [-0.25, -0.2) is 4.99 Å². The van der Waals surface area contributed by atoms with E-state index in [4.69, 9.17) is 4.99 Å². The molecule has 0 amide bonds. The highest BCUT2D eigenvalue weighted by atomic mass is 32.1. The third-order valence-corrected chi connectivity index (χ3v) is 6.78. The number of aromatic nitrogens is 4. The summed E-state index contributed by atoms with van der Waals surface area (Å²) in [6.45, 7) is 6.18. The monoisotopic (exact) mass is 429 g/mol. The SMILES string of the molecule is CCn1c(-c2ccc(C)cc2)csc1=Nc1ccc(-c2nnc3n2CCCCC3)cc1. The second-order valence-corrected chi connectivity index (χ2v) is 8.91. The Morgan fingerprint density at radius 1 is 0.935 bits per heavy atom. The quantitative estimate of drug-likeness (QED) is 0.414. The maximum absolute atomic E-state index is 4.94. The van der Waals surface area contributed by atoms with Crippen molar-refractivity contribution in [3.8, 4) is 22.6 Å². The van der Waals surface area contributed by atoms with Crippen LogP contribution in [0, 0.1) is 6.92 Å². The van der Waals surface area contributed by atoms with Crippen LogP contribution in [0.1, 0.15) is 37.6 Å². The summed E-state index contributed by atoms with van der Waals surface area (Å²) in [4.78, 5) is 5.96. The molecular formula is C25H27N5S. The number of hydrogen-bond donors (Lipinski definition) is 0. The van der Waals surface area contributed by atoms with Crippen LogP contribution >= 0.6 is 11.3 Å². The molecule has 158 valence electrons. The first-order valence-electron chi connectivity index (χ1n) is 11.1. The van der Waals surface area contributed by atoms with Crippen molar-refractivity contribution in [1.29, 1.82) is 0 Å². The lowest BCUT2D eigenvalue weighted by Crippen LogP contribution is -2.14. The number of thiazole rings is 1. The van der Waals surface area contributed by atoms with Crippen molar-refractivity contribution < 1.29 is 0 Å². The van der Waals surface area contributed by atoms with Crippen LogP contribution < -0.4 is 4.80 Å².